The van der Waals surface area contributed by atoms with Crippen molar-refractivity contribution >= 4 is 17.5 Å². The number of carbonyl (C=O) groups is 1. The van der Waals surface area contributed by atoms with Crippen molar-refractivity contribution < 1.29 is 14.3 Å². The summed E-state index contributed by atoms with van der Waals surface area (Å²) in [5.74, 6) is 0.586. The summed E-state index contributed by atoms with van der Waals surface area (Å²) in [6.45, 7) is 1.33. The topological polar surface area (TPSA) is 64.5 Å². The zero-order valence-electron chi connectivity index (χ0n) is 15.9. The highest BCUT2D eigenvalue weighted by molar-refractivity contribution is 6.30. The van der Waals surface area contributed by atoms with Crippen LogP contribution in [0.2, 0.25) is 5.02 Å². The highest BCUT2D eigenvalue weighted by atomic mass is 35.5. The Balaban J connectivity index is 1.60. The third kappa shape index (κ3) is 4.23. The first-order chi connectivity index (χ1) is 14.2. The Morgan fingerprint density at radius 1 is 1.17 bits per heavy atom. The van der Waals surface area contributed by atoms with Crippen LogP contribution in [0.3, 0.4) is 0 Å². The molecule has 3 aromatic rings. The van der Waals surface area contributed by atoms with Gasteiger partial charge in [0.2, 0.25) is 0 Å². The van der Waals surface area contributed by atoms with Crippen molar-refractivity contribution in [2.24, 2.45) is 0 Å². The van der Waals surface area contributed by atoms with Crippen LogP contribution in [-0.4, -0.2) is 47.6 Å². The lowest BCUT2D eigenvalue weighted by Gasteiger charge is -2.33. The summed E-state index contributed by atoms with van der Waals surface area (Å²) in [6, 6.07) is 14.6. The maximum atomic E-state index is 13.0. The van der Waals surface area contributed by atoms with Gasteiger partial charge in [0.25, 0.3) is 5.91 Å². The maximum absolute atomic E-state index is 13.0. The normalized spacial score (nSPS) is 16.5. The fourth-order valence-electron chi connectivity index (χ4n) is 3.38. The molecule has 2 heterocycles. The van der Waals surface area contributed by atoms with Gasteiger partial charge < -0.3 is 14.4 Å². The van der Waals surface area contributed by atoms with Gasteiger partial charge in [-0.1, -0.05) is 29.8 Å². The molecule has 148 valence electrons. The average Bonchev–Trinajstić information content (AvgIpc) is 2.78. The second-order valence-corrected chi connectivity index (χ2v) is 7.08. The van der Waals surface area contributed by atoms with E-state index >= 15 is 0 Å². The van der Waals surface area contributed by atoms with Crippen molar-refractivity contribution in [2.75, 3.05) is 26.8 Å². The lowest BCUT2D eigenvalue weighted by Crippen LogP contribution is -2.42. The van der Waals surface area contributed by atoms with Crippen LogP contribution in [0.25, 0.3) is 11.3 Å². The minimum Gasteiger partial charge on any atom is -0.497 e. The summed E-state index contributed by atoms with van der Waals surface area (Å²) in [6.07, 6.45) is 2.90. The smallest absolute Gasteiger partial charge is 0.254 e. The molecule has 0 radical (unpaired) electrons. The van der Waals surface area contributed by atoms with Crippen molar-refractivity contribution in [3.63, 3.8) is 0 Å². The van der Waals surface area contributed by atoms with E-state index in [1.165, 1.54) is 0 Å². The maximum Gasteiger partial charge on any atom is 0.254 e. The van der Waals surface area contributed by atoms with Gasteiger partial charge in [-0.25, -0.2) is 0 Å². The van der Waals surface area contributed by atoms with E-state index in [0.717, 1.165) is 5.56 Å². The molecular weight excluding hydrogens is 390 g/mol. The number of halogens is 1. The number of aromatic nitrogens is 2. The standard InChI is InChI=1S/C22H20ClN3O3/c1-28-18-7-3-5-16(13-18)22(27)26-10-11-29-19(14-26)21-20(24-8-9-25-21)15-4-2-6-17(23)12-15/h2-9,12-13,19H,10-11,14H2,1H3/t19-/m0/s1. The Labute approximate surface area is 174 Å². The number of ether oxygens (including phenoxy) is 2. The average molecular weight is 410 g/mol. The predicted octanol–water partition coefficient (Wildman–Crippen LogP) is 4.02. The summed E-state index contributed by atoms with van der Waals surface area (Å²) in [7, 11) is 1.58. The van der Waals surface area contributed by atoms with Gasteiger partial charge in [0, 0.05) is 35.1 Å². The van der Waals surface area contributed by atoms with E-state index in [1.54, 1.807) is 36.5 Å². The Hall–Kier alpha value is -2.96. The fraction of sp³-hybridized carbons (Fsp3) is 0.227. The number of rotatable bonds is 4. The molecule has 7 heteroatoms. The number of morpholine rings is 1. The summed E-state index contributed by atoms with van der Waals surface area (Å²) in [5, 5.41) is 0.624. The Morgan fingerprint density at radius 2 is 2.00 bits per heavy atom. The van der Waals surface area contributed by atoms with Gasteiger partial charge in [-0.15, -0.1) is 0 Å². The molecule has 4 rings (SSSR count). The largest absolute Gasteiger partial charge is 0.497 e. The van der Waals surface area contributed by atoms with Crippen LogP contribution in [0.1, 0.15) is 22.2 Å². The molecule has 2 aromatic carbocycles. The second-order valence-electron chi connectivity index (χ2n) is 6.64. The van der Waals surface area contributed by atoms with E-state index in [9.17, 15) is 4.79 Å². The van der Waals surface area contributed by atoms with E-state index in [-0.39, 0.29) is 12.0 Å². The molecule has 0 aliphatic carbocycles. The van der Waals surface area contributed by atoms with Gasteiger partial charge in [-0.2, -0.15) is 0 Å². The highest BCUT2D eigenvalue weighted by Crippen LogP contribution is 2.30. The van der Waals surface area contributed by atoms with E-state index in [2.05, 4.69) is 9.97 Å². The second kappa shape index (κ2) is 8.59. The predicted molar refractivity (Wildman–Crippen MR) is 110 cm³/mol. The Bertz CT molecular complexity index is 1030. The first kappa shape index (κ1) is 19.4. The number of carbonyl (C=O) groups excluding carboxylic acids is 1. The van der Waals surface area contributed by atoms with E-state index in [4.69, 9.17) is 21.1 Å². The summed E-state index contributed by atoms with van der Waals surface area (Å²) in [4.78, 5) is 23.8. The minimum atomic E-state index is -0.374. The van der Waals surface area contributed by atoms with Crippen LogP contribution in [0, 0.1) is 0 Å². The quantitative estimate of drug-likeness (QED) is 0.651. The van der Waals surface area contributed by atoms with Crippen molar-refractivity contribution in [3.8, 4) is 17.0 Å². The van der Waals surface area contributed by atoms with Gasteiger partial charge in [-0.05, 0) is 30.3 Å². The van der Waals surface area contributed by atoms with Gasteiger partial charge in [-0.3, -0.25) is 14.8 Å². The van der Waals surface area contributed by atoms with Crippen molar-refractivity contribution in [3.05, 3.63) is 77.2 Å². The molecule has 0 spiro atoms. The van der Waals surface area contributed by atoms with Gasteiger partial charge in [0.15, 0.2) is 0 Å². The third-order valence-electron chi connectivity index (χ3n) is 4.80. The molecule has 0 N–H and O–H groups in total. The lowest BCUT2D eigenvalue weighted by molar-refractivity contribution is -0.0246. The van der Waals surface area contributed by atoms with Crippen LogP contribution < -0.4 is 4.74 Å². The van der Waals surface area contributed by atoms with Crippen LogP contribution in [0.4, 0.5) is 0 Å². The number of benzene rings is 2. The van der Waals surface area contributed by atoms with Crippen LogP contribution in [-0.2, 0) is 4.74 Å². The van der Waals surface area contributed by atoms with E-state index in [1.807, 2.05) is 36.4 Å². The molecule has 1 aliphatic heterocycles. The lowest BCUT2D eigenvalue weighted by atomic mass is 10.0. The number of hydrogen-bond acceptors (Lipinski definition) is 5. The monoisotopic (exact) mass is 409 g/mol. The Morgan fingerprint density at radius 3 is 2.83 bits per heavy atom. The van der Waals surface area contributed by atoms with E-state index < -0.39 is 0 Å². The van der Waals surface area contributed by atoms with Gasteiger partial charge in [0.05, 0.1) is 31.6 Å². The number of nitrogens with zero attached hydrogens (tertiary/aromatic N) is 3. The van der Waals surface area contributed by atoms with Gasteiger partial charge in [0.1, 0.15) is 11.9 Å². The van der Waals surface area contributed by atoms with Crippen LogP contribution in [0.15, 0.2) is 60.9 Å². The molecule has 1 aromatic heterocycles. The summed E-state index contributed by atoms with van der Waals surface area (Å²) >= 11 is 6.15. The fourth-order valence-corrected chi connectivity index (χ4v) is 3.57. The zero-order chi connectivity index (χ0) is 20.2. The first-order valence-corrected chi connectivity index (χ1v) is 9.65. The molecule has 0 bridgehead atoms. The number of hydrogen-bond donors (Lipinski definition) is 0. The molecule has 1 fully saturated rings. The molecule has 1 saturated heterocycles. The minimum absolute atomic E-state index is 0.0644. The summed E-state index contributed by atoms with van der Waals surface area (Å²) < 4.78 is 11.2. The third-order valence-corrected chi connectivity index (χ3v) is 5.04. The SMILES string of the molecule is COc1cccc(C(=O)N2CCO[C@H](c3nccnc3-c3cccc(Cl)c3)C2)c1. The van der Waals surface area contributed by atoms with Crippen molar-refractivity contribution in [1.29, 1.82) is 0 Å². The van der Waals surface area contributed by atoms with Crippen LogP contribution >= 0.6 is 11.6 Å². The molecule has 1 atom stereocenters. The van der Waals surface area contributed by atoms with E-state index in [0.29, 0.717) is 47.4 Å². The first-order valence-electron chi connectivity index (χ1n) is 9.27. The Kier molecular flexibility index (Phi) is 5.74. The van der Waals surface area contributed by atoms with Crippen molar-refractivity contribution in [2.45, 2.75) is 6.10 Å². The van der Waals surface area contributed by atoms with Crippen molar-refractivity contribution in [1.82, 2.24) is 14.9 Å². The molecule has 0 saturated carbocycles. The molecule has 1 aliphatic rings. The number of amides is 1. The highest BCUT2D eigenvalue weighted by Gasteiger charge is 2.29. The zero-order valence-corrected chi connectivity index (χ0v) is 16.7. The summed E-state index contributed by atoms with van der Waals surface area (Å²) in [5.41, 5.74) is 2.84. The molecule has 29 heavy (non-hydrogen) atoms. The molecule has 0 unspecified atom stereocenters. The molecule has 1 amide bonds. The van der Waals surface area contributed by atoms with Gasteiger partial charge >= 0.3 is 0 Å². The molecular formula is C22H20ClN3O3. The molecule has 6 nitrogen and oxygen atoms in total. The number of methoxy groups -OCH3 is 1. The van der Waals surface area contributed by atoms with Crippen LogP contribution in [0.5, 0.6) is 5.75 Å².